The number of ether oxygens (including phenoxy) is 1. The zero-order chi connectivity index (χ0) is 23.7. The van der Waals surface area contributed by atoms with E-state index in [-0.39, 0.29) is 11.5 Å². The second-order valence-electron chi connectivity index (χ2n) is 9.07. The quantitative estimate of drug-likeness (QED) is 0.154. The number of fused-ring (bicyclic) bond motifs is 1. The number of esters is 1. The molecule has 2 nitrogen and oxygen atoms in total. The number of hydrogen-bond donors (Lipinski definition) is 0. The highest BCUT2D eigenvalue weighted by Crippen LogP contribution is 2.48. The Hall–Kier alpha value is -2.70. The Morgan fingerprint density at radius 2 is 1.45 bits per heavy atom. The van der Waals surface area contributed by atoms with Crippen LogP contribution in [-0.2, 0) is 0 Å². The summed E-state index contributed by atoms with van der Waals surface area (Å²) in [5.41, 5.74) is -0.459. The van der Waals surface area contributed by atoms with Crippen LogP contribution in [0, 0.1) is 46.8 Å². The van der Waals surface area contributed by atoms with Crippen LogP contribution in [-0.4, -0.2) is 5.97 Å². The van der Waals surface area contributed by atoms with Gasteiger partial charge in [0.25, 0.3) is 0 Å². The summed E-state index contributed by atoms with van der Waals surface area (Å²) in [6.45, 7) is 2.02. The number of carbonyl (C=O) groups is 1. The Morgan fingerprint density at radius 1 is 0.848 bits per heavy atom. The Balaban J connectivity index is 1.48. The fourth-order valence-corrected chi connectivity index (χ4v) is 5.48. The van der Waals surface area contributed by atoms with E-state index in [2.05, 4.69) is 12.2 Å². The second kappa shape index (κ2) is 9.65. The maximum absolute atomic E-state index is 14.9. The predicted molar refractivity (Wildman–Crippen MR) is 113 cm³/mol. The highest BCUT2D eigenvalue weighted by Gasteiger charge is 2.37. The first-order chi connectivity index (χ1) is 15.8. The van der Waals surface area contributed by atoms with Gasteiger partial charge in [-0.2, -0.15) is 0 Å². The molecule has 0 bridgehead atoms. The standard InChI is InChI=1S/C26H25F5O2/c1-2-3-14-4-5-16-9-17(7-6-15(16)8-14)24-20(27)10-18(11-21(24)28)26(32)33-19-12-22(29)25(31)23(30)13-19/h2-3,10-17H,4-9H2,1H3/b3-2+. The van der Waals surface area contributed by atoms with Gasteiger partial charge in [0, 0.05) is 17.7 Å². The van der Waals surface area contributed by atoms with E-state index in [1.165, 1.54) is 0 Å². The second-order valence-corrected chi connectivity index (χ2v) is 9.07. The summed E-state index contributed by atoms with van der Waals surface area (Å²) < 4.78 is 74.4. The molecule has 0 aliphatic heterocycles. The smallest absolute Gasteiger partial charge is 0.343 e. The first-order valence-corrected chi connectivity index (χ1v) is 11.2. The molecule has 0 N–H and O–H groups in total. The number of rotatable bonds is 4. The number of hydrogen-bond acceptors (Lipinski definition) is 2. The molecule has 2 aromatic rings. The van der Waals surface area contributed by atoms with E-state index in [9.17, 15) is 26.7 Å². The van der Waals surface area contributed by atoms with E-state index >= 15 is 0 Å². The summed E-state index contributed by atoms with van der Waals surface area (Å²) in [7, 11) is 0. The van der Waals surface area contributed by atoms with Crippen molar-refractivity contribution in [3.8, 4) is 5.75 Å². The molecule has 176 valence electrons. The maximum Gasteiger partial charge on any atom is 0.343 e. The van der Waals surface area contributed by atoms with Crippen molar-refractivity contribution in [2.24, 2.45) is 17.8 Å². The van der Waals surface area contributed by atoms with Gasteiger partial charge in [0.05, 0.1) is 5.56 Å². The van der Waals surface area contributed by atoms with Crippen LogP contribution in [0.2, 0.25) is 0 Å². The molecule has 33 heavy (non-hydrogen) atoms. The van der Waals surface area contributed by atoms with Gasteiger partial charge in [-0.1, -0.05) is 12.2 Å². The van der Waals surface area contributed by atoms with Crippen molar-refractivity contribution in [2.75, 3.05) is 0 Å². The molecule has 2 fully saturated rings. The third-order valence-electron chi connectivity index (χ3n) is 7.01. The lowest BCUT2D eigenvalue weighted by Gasteiger charge is -2.42. The molecule has 0 saturated heterocycles. The normalized spacial score (nSPS) is 25.2. The lowest BCUT2D eigenvalue weighted by Crippen LogP contribution is -2.30. The minimum Gasteiger partial charge on any atom is -0.423 e. The molecule has 4 atom stereocenters. The number of carbonyl (C=O) groups excluding carboxylic acids is 1. The molecule has 0 spiro atoms. The van der Waals surface area contributed by atoms with E-state index in [1.807, 2.05) is 6.92 Å². The molecular formula is C26H25F5O2. The lowest BCUT2D eigenvalue weighted by atomic mass is 9.63. The SMILES string of the molecule is C/C=C/C1CCC2CC(c3c(F)cc(C(=O)Oc4cc(F)c(F)c(F)c4)cc3F)CCC2C1. The molecular weight excluding hydrogens is 439 g/mol. The van der Waals surface area contributed by atoms with Crippen LogP contribution in [0.15, 0.2) is 36.4 Å². The van der Waals surface area contributed by atoms with Gasteiger partial charge in [0.1, 0.15) is 17.4 Å². The van der Waals surface area contributed by atoms with Gasteiger partial charge >= 0.3 is 5.97 Å². The molecule has 0 aromatic heterocycles. The molecule has 7 heteroatoms. The van der Waals surface area contributed by atoms with Gasteiger partial charge in [0.2, 0.25) is 0 Å². The Labute approximate surface area is 189 Å². The van der Waals surface area contributed by atoms with Crippen molar-refractivity contribution < 1.29 is 31.5 Å². The van der Waals surface area contributed by atoms with E-state index in [0.29, 0.717) is 42.7 Å². The van der Waals surface area contributed by atoms with Crippen molar-refractivity contribution >= 4 is 5.97 Å². The average molecular weight is 464 g/mol. The molecule has 2 aliphatic rings. The first kappa shape index (κ1) is 23.5. The van der Waals surface area contributed by atoms with Crippen LogP contribution >= 0.6 is 0 Å². The minimum absolute atomic E-state index is 0.0283. The van der Waals surface area contributed by atoms with Gasteiger partial charge in [-0.3, -0.25) is 0 Å². The zero-order valence-electron chi connectivity index (χ0n) is 18.2. The Kier molecular flexibility index (Phi) is 6.86. The van der Waals surface area contributed by atoms with Gasteiger partial charge in [-0.15, -0.1) is 0 Å². The van der Waals surface area contributed by atoms with Crippen molar-refractivity contribution in [1.82, 2.24) is 0 Å². The van der Waals surface area contributed by atoms with Crippen molar-refractivity contribution in [3.05, 3.63) is 76.6 Å². The van der Waals surface area contributed by atoms with Gasteiger partial charge in [0.15, 0.2) is 17.5 Å². The van der Waals surface area contributed by atoms with Crippen LogP contribution in [0.25, 0.3) is 0 Å². The Morgan fingerprint density at radius 3 is 2.09 bits per heavy atom. The summed E-state index contributed by atoms with van der Waals surface area (Å²) in [5, 5.41) is 0. The van der Waals surface area contributed by atoms with Crippen LogP contribution in [0.4, 0.5) is 22.0 Å². The van der Waals surface area contributed by atoms with E-state index in [4.69, 9.17) is 4.74 Å². The van der Waals surface area contributed by atoms with Gasteiger partial charge in [-0.05, 0) is 81.3 Å². The fraction of sp³-hybridized carbons (Fsp3) is 0.423. The topological polar surface area (TPSA) is 26.3 Å². The third-order valence-corrected chi connectivity index (χ3v) is 7.01. The summed E-state index contributed by atoms with van der Waals surface area (Å²) in [6, 6.07) is 2.74. The molecule has 2 aliphatic carbocycles. The summed E-state index contributed by atoms with van der Waals surface area (Å²) in [5.74, 6) is -6.98. The van der Waals surface area contributed by atoms with Crippen molar-refractivity contribution in [1.29, 1.82) is 0 Å². The molecule has 2 aromatic carbocycles. The Bertz CT molecular complexity index is 1030. The van der Waals surface area contributed by atoms with Gasteiger partial charge < -0.3 is 4.74 Å². The van der Waals surface area contributed by atoms with Crippen LogP contribution in [0.1, 0.15) is 67.3 Å². The number of halogens is 5. The zero-order valence-corrected chi connectivity index (χ0v) is 18.2. The maximum atomic E-state index is 14.9. The third kappa shape index (κ3) is 4.97. The fourth-order valence-electron chi connectivity index (χ4n) is 5.48. The van der Waals surface area contributed by atoms with Crippen LogP contribution in [0.5, 0.6) is 5.75 Å². The van der Waals surface area contributed by atoms with Crippen LogP contribution in [0.3, 0.4) is 0 Å². The highest BCUT2D eigenvalue weighted by molar-refractivity contribution is 5.91. The molecule has 4 unspecified atom stereocenters. The van der Waals surface area contributed by atoms with E-state index in [0.717, 1.165) is 37.8 Å². The van der Waals surface area contributed by atoms with Crippen molar-refractivity contribution in [2.45, 2.75) is 51.4 Å². The largest absolute Gasteiger partial charge is 0.423 e. The lowest BCUT2D eigenvalue weighted by molar-refractivity contribution is 0.0732. The summed E-state index contributed by atoms with van der Waals surface area (Å²) >= 11 is 0. The highest BCUT2D eigenvalue weighted by atomic mass is 19.2. The predicted octanol–water partition coefficient (Wildman–Crippen LogP) is 7.48. The minimum atomic E-state index is -1.71. The average Bonchev–Trinajstić information content (AvgIpc) is 2.77. The summed E-state index contributed by atoms with van der Waals surface area (Å²) in [4.78, 5) is 12.3. The monoisotopic (exact) mass is 464 g/mol. The van der Waals surface area contributed by atoms with Crippen molar-refractivity contribution in [3.63, 3.8) is 0 Å². The molecule has 0 radical (unpaired) electrons. The van der Waals surface area contributed by atoms with Gasteiger partial charge in [-0.25, -0.2) is 26.7 Å². The number of benzene rings is 2. The molecule has 2 saturated carbocycles. The van der Waals surface area contributed by atoms with E-state index in [1.54, 1.807) is 0 Å². The van der Waals surface area contributed by atoms with Crippen LogP contribution < -0.4 is 4.74 Å². The molecule has 0 amide bonds. The van der Waals surface area contributed by atoms with E-state index < -0.39 is 46.4 Å². The molecule has 0 heterocycles. The number of allylic oxidation sites excluding steroid dienone is 2. The first-order valence-electron chi connectivity index (χ1n) is 11.2. The summed E-state index contributed by atoms with van der Waals surface area (Å²) in [6.07, 6.45) is 9.85. The molecule has 4 rings (SSSR count).